The van der Waals surface area contributed by atoms with E-state index >= 15 is 0 Å². The minimum Gasteiger partial charge on any atom is -0.439 e. The Morgan fingerprint density at radius 2 is 1.08 bits per heavy atom. The van der Waals surface area contributed by atoms with Crippen LogP contribution in [0.2, 0.25) is 25.3 Å². The summed E-state index contributed by atoms with van der Waals surface area (Å²) in [6.07, 6.45) is 7.31. The molecule has 68 valence electrons. The van der Waals surface area contributed by atoms with Gasteiger partial charge in [0.05, 0.1) is 0 Å². The van der Waals surface area contributed by atoms with Gasteiger partial charge in [-0.15, -0.1) is 0 Å². The van der Waals surface area contributed by atoms with Gasteiger partial charge in [-0.05, 0) is 25.3 Å². The molecule has 1 aliphatic heterocycles. The largest absolute Gasteiger partial charge is 0.439 e. The molecule has 0 atom stereocenters. The van der Waals surface area contributed by atoms with Crippen molar-refractivity contribution in [2.75, 3.05) is 14.2 Å². The molecule has 0 saturated carbocycles. The van der Waals surface area contributed by atoms with E-state index in [0.29, 0.717) is 13.8 Å². The van der Waals surface area contributed by atoms with Crippen LogP contribution in [0.25, 0.3) is 0 Å². The minimum atomic E-state index is 0.503. The molecule has 0 aromatic rings. The highest BCUT2D eigenvalue weighted by Gasteiger charge is 2.21. The van der Waals surface area contributed by atoms with E-state index < -0.39 is 0 Å². The number of rotatable bonds is 2. The van der Waals surface area contributed by atoms with Crippen LogP contribution in [0, 0.1) is 0 Å². The Kier molecular flexibility index (Phi) is 4.77. The molecule has 1 aliphatic rings. The van der Waals surface area contributed by atoms with Gasteiger partial charge in [0.1, 0.15) is 0 Å². The van der Waals surface area contributed by atoms with Gasteiger partial charge < -0.3 is 9.31 Å². The first-order valence-corrected chi connectivity index (χ1v) is 4.92. The lowest BCUT2D eigenvalue weighted by Crippen LogP contribution is -2.23. The molecule has 2 nitrogen and oxygen atoms in total. The second-order valence-corrected chi connectivity index (χ2v) is 3.58. The molecule has 0 unspecified atom stereocenters. The molecule has 0 spiro atoms. The Labute approximate surface area is 76.2 Å². The van der Waals surface area contributed by atoms with E-state index in [9.17, 15) is 0 Å². The normalized spacial score (nSPS) is 20.5. The first kappa shape index (κ1) is 10.1. The molecule has 0 aliphatic carbocycles. The third-order valence-corrected chi connectivity index (χ3v) is 2.77. The fourth-order valence-corrected chi connectivity index (χ4v) is 1.91. The van der Waals surface area contributed by atoms with E-state index in [4.69, 9.17) is 9.31 Å². The van der Waals surface area contributed by atoms with Crippen molar-refractivity contribution in [1.82, 2.24) is 0 Å². The van der Waals surface area contributed by atoms with Crippen molar-refractivity contribution in [1.29, 1.82) is 0 Å². The lowest BCUT2D eigenvalue weighted by Gasteiger charge is -2.18. The Morgan fingerprint density at radius 1 is 0.750 bits per heavy atom. The Balaban J connectivity index is 2.24. The second kappa shape index (κ2) is 5.65. The molecule has 1 saturated heterocycles. The molecule has 0 amide bonds. The predicted molar refractivity (Wildman–Crippen MR) is 54.0 cm³/mol. The average Bonchev–Trinajstić information content (AvgIpc) is 2.05. The molecule has 0 bridgehead atoms. The highest BCUT2D eigenvalue weighted by atomic mass is 16.4. The van der Waals surface area contributed by atoms with Gasteiger partial charge in [0.2, 0.25) is 0 Å². The van der Waals surface area contributed by atoms with Crippen LogP contribution in [0.1, 0.15) is 12.8 Å². The molecule has 1 rings (SSSR count). The molecular weight excluding hydrogens is 150 g/mol. The fraction of sp³-hybridized carbons (Fsp3) is 1.00. The molecule has 0 N–H and O–H groups in total. The lowest BCUT2D eigenvalue weighted by atomic mass is 9.49. The maximum absolute atomic E-state index is 5.35. The van der Waals surface area contributed by atoms with Gasteiger partial charge in [0.25, 0.3) is 13.8 Å². The van der Waals surface area contributed by atoms with Gasteiger partial charge in [-0.25, -0.2) is 0 Å². The quantitative estimate of drug-likeness (QED) is 0.587. The smallest absolute Gasteiger partial charge is 0.292 e. The maximum atomic E-state index is 5.35. The van der Waals surface area contributed by atoms with Crippen molar-refractivity contribution in [3.63, 3.8) is 0 Å². The molecule has 0 radical (unpaired) electrons. The predicted octanol–water partition coefficient (Wildman–Crippen LogP) is 2.06. The van der Waals surface area contributed by atoms with Crippen LogP contribution in [-0.4, -0.2) is 28.1 Å². The Bertz CT molecular complexity index is 99.6. The molecule has 1 heterocycles. The van der Waals surface area contributed by atoms with Gasteiger partial charge in [0, 0.05) is 14.2 Å². The van der Waals surface area contributed by atoms with E-state index in [1.54, 1.807) is 0 Å². The van der Waals surface area contributed by atoms with Gasteiger partial charge in [0.15, 0.2) is 0 Å². The molecular formula is C8H18B2O2. The Morgan fingerprint density at radius 3 is 1.33 bits per heavy atom. The van der Waals surface area contributed by atoms with Crippen molar-refractivity contribution in [3.8, 4) is 0 Å². The van der Waals surface area contributed by atoms with Crippen molar-refractivity contribution in [3.05, 3.63) is 0 Å². The first-order chi connectivity index (χ1) is 5.86. The van der Waals surface area contributed by atoms with E-state index in [1.807, 2.05) is 14.2 Å². The molecule has 1 fully saturated rings. The van der Waals surface area contributed by atoms with Gasteiger partial charge in [-0.2, -0.15) is 0 Å². The summed E-state index contributed by atoms with van der Waals surface area (Å²) in [5.41, 5.74) is 0. The Hall–Kier alpha value is 0.0499. The van der Waals surface area contributed by atoms with Gasteiger partial charge in [-0.1, -0.05) is 12.8 Å². The van der Waals surface area contributed by atoms with Crippen LogP contribution in [0.15, 0.2) is 0 Å². The standard InChI is InChI=1S/C8H18B2O2/c1-11-9-5-3-7-10(12-2)8-4-6-9/h3-8H2,1-2H3. The lowest BCUT2D eigenvalue weighted by molar-refractivity contribution is 0.402. The summed E-state index contributed by atoms with van der Waals surface area (Å²) >= 11 is 0. The summed E-state index contributed by atoms with van der Waals surface area (Å²) < 4.78 is 10.7. The van der Waals surface area contributed by atoms with Crippen LogP contribution in [-0.2, 0) is 9.31 Å². The third-order valence-electron chi connectivity index (χ3n) is 2.77. The van der Waals surface area contributed by atoms with Crippen molar-refractivity contribution < 1.29 is 9.31 Å². The van der Waals surface area contributed by atoms with Crippen LogP contribution in [0.3, 0.4) is 0 Å². The summed E-state index contributed by atoms with van der Waals surface area (Å²) in [4.78, 5) is 0. The molecule has 12 heavy (non-hydrogen) atoms. The maximum Gasteiger partial charge on any atom is 0.292 e. The van der Waals surface area contributed by atoms with E-state index in [1.165, 1.54) is 38.1 Å². The SMILES string of the molecule is COB1CCCB(OC)CCC1. The molecule has 0 aromatic carbocycles. The topological polar surface area (TPSA) is 18.5 Å². The van der Waals surface area contributed by atoms with Crippen molar-refractivity contribution in [2.24, 2.45) is 0 Å². The van der Waals surface area contributed by atoms with Crippen LogP contribution < -0.4 is 0 Å². The van der Waals surface area contributed by atoms with Gasteiger partial charge in [-0.3, -0.25) is 0 Å². The number of hydrogen-bond acceptors (Lipinski definition) is 2. The van der Waals surface area contributed by atoms with E-state index in [2.05, 4.69) is 0 Å². The van der Waals surface area contributed by atoms with Crippen molar-refractivity contribution in [2.45, 2.75) is 38.1 Å². The van der Waals surface area contributed by atoms with Gasteiger partial charge >= 0.3 is 0 Å². The van der Waals surface area contributed by atoms with E-state index in [0.717, 1.165) is 0 Å². The zero-order valence-electron chi connectivity index (χ0n) is 8.21. The summed E-state index contributed by atoms with van der Waals surface area (Å²) in [7, 11) is 3.64. The van der Waals surface area contributed by atoms with Crippen LogP contribution in [0.4, 0.5) is 0 Å². The monoisotopic (exact) mass is 168 g/mol. The fourth-order valence-electron chi connectivity index (χ4n) is 1.91. The summed E-state index contributed by atoms with van der Waals surface area (Å²) in [6.45, 7) is 1.01. The summed E-state index contributed by atoms with van der Waals surface area (Å²) in [5, 5.41) is 0. The highest BCUT2D eigenvalue weighted by molar-refractivity contribution is 6.55. The summed E-state index contributed by atoms with van der Waals surface area (Å²) in [5.74, 6) is 0. The number of hydrogen-bond donors (Lipinski definition) is 0. The zero-order chi connectivity index (χ0) is 8.81. The summed E-state index contributed by atoms with van der Waals surface area (Å²) in [6, 6.07) is 0. The average molecular weight is 168 g/mol. The van der Waals surface area contributed by atoms with Crippen molar-refractivity contribution >= 4 is 13.8 Å². The minimum absolute atomic E-state index is 0.503. The molecule has 0 aromatic heterocycles. The van der Waals surface area contributed by atoms with E-state index in [-0.39, 0.29) is 0 Å². The van der Waals surface area contributed by atoms with Crippen LogP contribution in [0.5, 0.6) is 0 Å². The zero-order valence-corrected chi connectivity index (χ0v) is 8.21. The van der Waals surface area contributed by atoms with Crippen LogP contribution >= 0.6 is 0 Å². The highest BCUT2D eigenvalue weighted by Crippen LogP contribution is 2.19. The third kappa shape index (κ3) is 3.20. The molecule has 4 heteroatoms. The first-order valence-electron chi connectivity index (χ1n) is 4.92. The second-order valence-electron chi connectivity index (χ2n) is 3.58.